The molecule has 0 aliphatic rings. The third-order valence-corrected chi connectivity index (χ3v) is 4.37. The predicted octanol–water partition coefficient (Wildman–Crippen LogP) is 4.18. The molecule has 2 aromatic carbocycles. The van der Waals surface area contributed by atoms with Gasteiger partial charge in [0.1, 0.15) is 12.4 Å². The van der Waals surface area contributed by atoms with Crippen molar-refractivity contribution in [3.05, 3.63) is 53.6 Å². The van der Waals surface area contributed by atoms with Gasteiger partial charge in [-0.25, -0.2) is 0 Å². The van der Waals surface area contributed by atoms with Gasteiger partial charge >= 0.3 is 0 Å². The van der Waals surface area contributed by atoms with Crippen LogP contribution in [-0.2, 0) is 21.7 Å². The maximum atomic E-state index is 6.01. The summed E-state index contributed by atoms with van der Waals surface area (Å²) in [5.74, 6) is 1.09. The van der Waals surface area contributed by atoms with Crippen LogP contribution >= 0.6 is 0 Å². The molecule has 0 N–H and O–H groups in total. The molecule has 0 unspecified atom stereocenters. The van der Waals surface area contributed by atoms with Gasteiger partial charge in [0, 0.05) is 19.8 Å². The van der Waals surface area contributed by atoms with Gasteiger partial charge < -0.3 is 23.7 Å². The molecule has 0 atom stereocenters. The van der Waals surface area contributed by atoms with Crippen LogP contribution in [0.15, 0.2) is 42.5 Å². The van der Waals surface area contributed by atoms with Crippen LogP contribution in [0.5, 0.6) is 17.2 Å². The minimum absolute atomic E-state index is 0.176. The number of ether oxygens (including phenoxy) is 5. The van der Waals surface area contributed by atoms with Crippen LogP contribution in [0.3, 0.4) is 0 Å². The first kappa shape index (κ1) is 20.1. The second-order valence-corrected chi connectivity index (χ2v) is 5.91. The molecular weight excluding hydrogens is 332 g/mol. The Hall–Kier alpha value is -2.24. The summed E-state index contributed by atoms with van der Waals surface area (Å²) in [7, 11) is 6.46. The van der Waals surface area contributed by atoms with Crippen molar-refractivity contribution in [2.75, 3.05) is 35.0 Å². The van der Waals surface area contributed by atoms with E-state index in [0.717, 1.165) is 24.2 Å². The fraction of sp³-hybridized carbons (Fsp3) is 0.429. The Labute approximate surface area is 155 Å². The molecule has 26 heavy (non-hydrogen) atoms. The summed E-state index contributed by atoms with van der Waals surface area (Å²) in [5, 5.41) is 0. The summed E-state index contributed by atoms with van der Waals surface area (Å²) in [6, 6.07) is 13.5. The van der Waals surface area contributed by atoms with Gasteiger partial charge in [0.25, 0.3) is 0 Å². The minimum atomic E-state index is -1.03. The van der Waals surface area contributed by atoms with Gasteiger partial charge in [0.05, 0.1) is 14.2 Å². The topological polar surface area (TPSA) is 46.2 Å². The van der Waals surface area contributed by atoms with E-state index in [2.05, 4.69) is 13.0 Å². The SMILES string of the molecule is CCCc1ccc(OCC(OC)(OC)c2ccc(OC)cc2)c(OC)c1. The Kier molecular flexibility index (Phi) is 7.30. The number of hydrogen-bond donors (Lipinski definition) is 0. The second-order valence-electron chi connectivity index (χ2n) is 5.91. The Morgan fingerprint density at radius 3 is 2.04 bits per heavy atom. The maximum absolute atomic E-state index is 6.01. The van der Waals surface area contributed by atoms with Crippen molar-refractivity contribution in [1.29, 1.82) is 0 Å². The first-order valence-corrected chi connectivity index (χ1v) is 8.67. The zero-order chi connectivity index (χ0) is 19.0. The summed E-state index contributed by atoms with van der Waals surface area (Å²) >= 11 is 0. The first-order valence-electron chi connectivity index (χ1n) is 8.67. The van der Waals surface area contributed by atoms with Gasteiger partial charge in [-0.3, -0.25) is 0 Å². The first-order chi connectivity index (χ1) is 12.6. The molecular formula is C21H28O5. The van der Waals surface area contributed by atoms with Crippen molar-refractivity contribution in [3.63, 3.8) is 0 Å². The molecule has 2 rings (SSSR count). The molecule has 0 saturated heterocycles. The van der Waals surface area contributed by atoms with Crippen molar-refractivity contribution in [2.24, 2.45) is 0 Å². The minimum Gasteiger partial charge on any atom is -0.497 e. The van der Waals surface area contributed by atoms with Crippen LogP contribution < -0.4 is 14.2 Å². The van der Waals surface area contributed by atoms with Crippen molar-refractivity contribution in [2.45, 2.75) is 25.6 Å². The van der Waals surface area contributed by atoms with Crippen LogP contribution in [0.4, 0.5) is 0 Å². The molecule has 0 aliphatic carbocycles. The van der Waals surface area contributed by atoms with E-state index in [-0.39, 0.29) is 6.61 Å². The molecule has 142 valence electrons. The van der Waals surface area contributed by atoms with Gasteiger partial charge in [-0.15, -0.1) is 0 Å². The zero-order valence-electron chi connectivity index (χ0n) is 16.2. The highest BCUT2D eigenvalue weighted by molar-refractivity contribution is 5.43. The normalized spacial score (nSPS) is 11.3. The lowest BCUT2D eigenvalue weighted by Gasteiger charge is -2.31. The van der Waals surface area contributed by atoms with Crippen molar-refractivity contribution >= 4 is 0 Å². The Morgan fingerprint density at radius 1 is 0.808 bits per heavy atom. The summed E-state index contributed by atoms with van der Waals surface area (Å²) in [5.41, 5.74) is 2.06. The average molecular weight is 360 g/mol. The van der Waals surface area contributed by atoms with E-state index in [9.17, 15) is 0 Å². The number of hydrogen-bond acceptors (Lipinski definition) is 5. The lowest BCUT2D eigenvalue weighted by molar-refractivity contribution is -0.231. The molecule has 5 heteroatoms. The third kappa shape index (κ3) is 4.48. The molecule has 0 spiro atoms. The maximum Gasteiger partial charge on any atom is 0.229 e. The van der Waals surface area contributed by atoms with E-state index in [1.807, 2.05) is 36.4 Å². The zero-order valence-corrected chi connectivity index (χ0v) is 16.2. The molecule has 0 saturated carbocycles. The fourth-order valence-corrected chi connectivity index (χ4v) is 2.81. The lowest BCUT2D eigenvalue weighted by atomic mass is 10.1. The van der Waals surface area contributed by atoms with Gasteiger partial charge in [-0.05, 0) is 48.4 Å². The van der Waals surface area contributed by atoms with E-state index < -0.39 is 5.79 Å². The number of benzene rings is 2. The van der Waals surface area contributed by atoms with Crippen molar-refractivity contribution < 1.29 is 23.7 Å². The third-order valence-electron chi connectivity index (χ3n) is 4.37. The van der Waals surface area contributed by atoms with E-state index in [1.54, 1.807) is 28.4 Å². The summed E-state index contributed by atoms with van der Waals surface area (Å²) in [6.07, 6.45) is 2.08. The fourth-order valence-electron chi connectivity index (χ4n) is 2.81. The molecule has 0 fully saturated rings. The Bertz CT molecular complexity index is 677. The standard InChI is InChI=1S/C21H28O5/c1-6-7-16-8-13-19(20(14-16)23-3)26-15-21(24-4,25-5)17-9-11-18(22-2)12-10-17/h8-14H,6-7,15H2,1-5H3. The predicted molar refractivity (Wildman–Crippen MR) is 101 cm³/mol. The van der Waals surface area contributed by atoms with E-state index in [4.69, 9.17) is 23.7 Å². The highest BCUT2D eigenvalue weighted by Crippen LogP contribution is 2.33. The number of methoxy groups -OCH3 is 4. The van der Waals surface area contributed by atoms with Crippen LogP contribution in [0, 0.1) is 0 Å². The smallest absolute Gasteiger partial charge is 0.229 e. The highest BCUT2D eigenvalue weighted by Gasteiger charge is 2.34. The van der Waals surface area contributed by atoms with Gasteiger partial charge in [-0.1, -0.05) is 19.4 Å². The van der Waals surface area contributed by atoms with Gasteiger partial charge in [-0.2, -0.15) is 0 Å². The van der Waals surface area contributed by atoms with Crippen LogP contribution in [-0.4, -0.2) is 35.0 Å². The summed E-state index contributed by atoms with van der Waals surface area (Å²) in [6.45, 7) is 2.33. The lowest BCUT2D eigenvalue weighted by Crippen LogP contribution is -2.37. The average Bonchev–Trinajstić information content (AvgIpc) is 2.70. The largest absolute Gasteiger partial charge is 0.497 e. The van der Waals surface area contributed by atoms with Crippen molar-refractivity contribution in [1.82, 2.24) is 0 Å². The summed E-state index contributed by atoms with van der Waals surface area (Å²) < 4.78 is 28.1. The molecule has 2 aromatic rings. The van der Waals surface area contributed by atoms with Crippen molar-refractivity contribution in [3.8, 4) is 17.2 Å². The van der Waals surface area contributed by atoms with Crippen LogP contribution in [0.1, 0.15) is 24.5 Å². The van der Waals surface area contributed by atoms with Gasteiger partial charge in [0.2, 0.25) is 5.79 Å². The monoisotopic (exact) mass is 360 g/mol. The van der Waals surface area contributed by atoms with Crippen LogP contribution in [0.2, 0.25) is 0 Å². The van der Waals surface area contributed by atoms with E-state index in [0.29, 0.717) is 11.5 Å². The highest BCUT2D eigenvalue weighted by atomic mass is 16.7. The van der Waals surface area contributed by atoms with Gasteiger partial charge in [0.15, 0.2) is 11.5 Å². The van der Waals surface area contributed by atoms with E-state index in [1.165, 1.54) is 5.56 Å². The quantitative estimate of drug-likeness (QED) is 0.595. The Morgan fingerprint density at radius 2 is 1.50 bits per heavy atom. The van der Waals surface area contributed by atoms with Crippen LogP contribution in [0.25, 0.3) is 0 Å². The number of rotatable bonds is 10. The molecule has 5 nitrogen and oxygen atoms in total. The molecule has 0 bridgehead atoms. The molecule has 0 radical (unpaired) electrons. The summed E-state index contributed by atoms with van der Waals surface area (Å²) in [4.78, 5) is 0. The van der Waals surface area contributed by atoms with E-state index >= 15 is 0 Å². The number of aryl methyl sites for hydroxylation is 1. The Balaban J connectivity index is 2.22. The molecule has 0 aliphatic heterocycles. The molecule has 0 aromatic heterocycles. The molecule has 0 heterocycles. The second kappa shape index (κ2) is 9.46. The molecule has 0 amide bonds.